The Hall–Kier alpha value is -5.38. The highest BCUT2D eigenvalue weighted by molar-refractivity contribution is 6.01. The third-order valence-corrected chi connectivity index (χ3v) is 8.70. The number of rotatable bonds is 12. The number of methoxy groups -OCH3 is 2. The predicted molar refractivity (Wildman–Crippen MR) is 191 cm³/mol. The Labute approximate surface area is 296 Å². The van der Waals surface area contributed by atoms with Crippen LogP contribution in [-0.4, -0.2) is 59.3 Å². The number of halogens is 2. The number of fused-ring (bicyclic) bond motifs is 1. The molecule has 1 saturated heterocycles. The van der Waals surface area contributed by atoms with Crippen molar-refractivity contribution in [3.8, 4) is 11.9 Å². The molecule has 12 heteroatoms. The molecule has 6 rings (SSSR count). The number of nitrogens with zero attached hydrogens (tertiary/aromatic N) is 5. The SMILES string of the molecule is CC.COCCn1c(CN2CCC(c3cccc(OCc4ccc(C#N)cc4F)n3)CC2)nc2c(F)c(Nc3ccccc3)c(C(=O)OC)cc21. The lowest BCUT2D eigenvalue weighted by Crippen LogP contribution is -2.33. The minimum absolute atomic E-state index is 0.00202. The number of anilines is 2. The molecule has 0 atom stereocenters. The number of nitriles is 1. The molecule has 0 aliphatic carbocycles. The minimum Gasteiger partial charge on any atom is -0.473 e. The monoisotopic (exact) mass is 696 g/mol. The van der Waals surface area contributed by atoms with Crippen LogP contribution in [0.15, 0.2) is 72.8 Å². The highest BCUT2D eigenvalue weighted by atomic mass is 19.1. The van der Waals surface area contributed by atoms with Gasteiger partial charge in [0.1, 0.15) is 23.8 Å². The van der Waals surface area contributed by atoms with Gasteiger partial charge in [-0.25, -0.2) is 23.5 Å². The molecule has 5 aromatic rings. The quantitative estimate of drug-likeness (QED) is 0.131. The van der Waals surface area contributed by atoms with E-state index in [9.17, 15) is 9.18 Å². The summed E-state index contributed by atoms with van der Waals surface area (Å²) in [7, 11) is 2.87. The van der Waals surface area contributed by atoms with Crippen molar-refractivity contribution >= 4 is 28.4 Å². The maximum absolute atomic E-state index is 16.2. The molecule has 1 N–H and O–H groups in total. The van der Waals surface area contributed by atoms with Crippen LogP contribution in [0.2, 0.25) is 0 Å². The minimum atomic E-state index is -0.660. The fraction of sp³-hybridized carbons (Fsp3) is 0.333. The Morgan fingerprint density at radius 3 is 2.45 bits per heavy atom. The number of hydrogen-bond acceptors (Lipinski definition) is 9. The maximum Gasteiger partial charge on any atom is 0.340 e. The van der Waals surface area contributed by atoms with Crippen LogP contribution in [0, 0.1) is 23.0 Å². The van der Waals surface area contributed by atoms with Crippen molar-refractivity contribution in [2.45, 2.75) is 52.3 Å². The lowest BCUT2D eigenvalue weighted by Gasteiger charge is -2.31. The molecule has 1 fully saturated rings. The zero-order valence-corrected chi connectivity index (χ0v) is 29.3. The van der Waals surface area contributed by atoms with Crippen molar-refractivity contribution in [2.24, 2.45) is 0 Å². The Balaban J connectivity index is 0.00000248. The van der Waals surface area contributed by atoms with Gasteiger partial charge in [0.15, 0.2) is 5.82 Å². The summed E-state index contributed by atoms with van der Waals surface area (Å²) in [6.45, 7) is 6.81. The Kier molecular flexibility index (Phi) is 12.7. The lowest BCUT2D eigenvalue weighted by atomic mass is 9.93. The summed E-state index contributed by atoms with van der Waals surface area (Å²) < 4.78 is 48.7. The van der Waals surface area contributed by atoms with Gasteiger partial charge >= 0.3 is 5.97 Å². The Morgan fingerprint density at radius 1 is 1.00 bits per heavy atom. The highest BCUT2D eigenvalue weighted by Gasteiger charge is 2.27. The highest BCUT2D eigenvalue weighted by Crippen LogP contribution is 2.34. The number of piperidine rings is 1. The second-order valence-electron chi connectivity index (χ2n) is 11.8. The van der Waals surface area contributed by atoms with Gasteiger partial charge in [0.25, 0.3) is 0 Å². The molecule has 0 unspecified atom stereocenters. The van der Waals surface area contributed by atoms with Crippen molar-refractivity contribution in [3.63, 3.8) is 0 Å². The van der Waals surface area contributed by atoms with Gasteiger partial charge in [-0.1, -0.05) is 44.2 Å². The third-order valence-electron chi connectivity index (χ3n) is 8.70. The molecule has 0 spiro atoms. The molecule has 2 aromatic heterocycles. The van der Waals surface area contributed by atoms with Crippen LogP contribution >= 0.6 is 0 Å². The summed E-state index contributed by atoms with van der Waals surface area (Å²) in [5.74, 6) is -0.509. The van der Waals surface area contributed by atoms with E-state index in [0.29, 0.717) is 48.2 Å². The summed E-state index contributed by atoms with van der Waals surface area (Å²) in [4.78, 5) is 24.6. The third kappa shape index (κ3) is 8.68. The summed E-state index contributed by atoms with van der Waals surface area (Å²) in [6, 6.07) is 22.5. The number of imidazole rings is 1. The topological polar surface area (TPSA) is 115 Å². The Morgan fingerprint density at radius 2 is 1.76 bits per heavy atom. The zero-order chi connectivity index (χ0) is 36.3. The van der Waals surface area contributed by atoms with Crippen LogP contribution < -0.4 is 10.1 Å². The van der Waals surface area contributed by atoms with E-state index in [2.05, 4.69) is 10.2 Å². The van der Waals surface area contributed by atoms with Gasteiger partial charge < -0.3 is 24.1 Å². The molecule has 1 aliphatic heterocycles. The van der Waals surface area contributed by atoms with Gasteiger partial charge in [-0.05, 0) is 62.3 Å². The normalized spacial score (nSPS) is 13.3. The van der Waals surface area contributed by atoms with Crippen LogP contribution in [0.5, 0.6) is 5.88 Å². The number of nitrogens with one attached hydrogen (secondary N) is 1. The standard InChI is InChI=1S/C37H36F2N6O4.C2H6/c1-47-18-17-45-31-20-28(37(46)48-2)35(41-27-7-4-3-5-8-27)34(39)36(31)43-32(45)22-44-15-13-25(14-16-44)30-9-6-10-33(42-30)49-23-26-12-11-24(21-40)19-29(26)38;1-2/h3-12,19-20,25,41H,13-18,22-23H2,1-2H3;1-2H3. The van der Waals surface area contributed by atoms with Gasteiger partial charge in [0.05, 0.1) is 48.7 Å². The van der Waals surface area contributed by atoms with Crippen LogP contribution in [0.4, 0.5) is 20.2 Å². The first-order chi connectivity index (χ1) is 24.9. The number of likely N-dealkylation sites (tertiary alicyclic amines) is 1. The van der Waals surface area contributed by atoms with Gasteiger partial charge in [-0.15, -0.1) is 0 Å². The van der Waals surface area contributed by atoms with E-state index in [1.165, 1.54) is 13.2 Å². The second kappa shape index (κ2) is 17.5. The van der Waals surface area contributed by atoms with Crippen molar-refractivity contribution in [3.05, 3.63) is 113 Å². The van der Waals surface area contributed by atoms with Crippen LogP contribution in [0.25, 0.3) is 11.0 Å². The van der Waals surface area contributed by atoms with E-state index in [1.54, 1.807) is 43.5 Å². The largest absolute Gasteiger partial charge is 0.473 e. The van der Waals surface area contributed by atoms with Crippen LogP contribution in [-0.2, 0) is 29.2 Å². The second-order valence-corrected chi connectivity index (χ2v) is 11.8. The maximum atomic E-state index is 16.2. The number of para-hydroxylation sites is 1. The Bertz CT molecular complexity index is 1990. The predicted octanol–water partition coefficient (Wildman–Crippen LogP) is 7.74. The molecule has 3 aromatic carbocycles. The molecular weight excluding hydrogens is 654 g/mol. The zero-order valence-electron chi connectivity index (χ0n) is 29.3. The van der Waals surface area contributed by atoms with E-state index in [-0.39, 0.29) is 34.9 Å². The lowest BCUT2D eigenvalue weighted by molar-refractivity contribution is 0.0601. The fourth-order valence-electron chi connectivity index (χ4n) is 6.09. The van der Waals surface area contributed by atoms with Crippen molar-refractivity contribution in [1.82, 2.24) is 19.4 Å². The molecule has 0 saturated carbocycles. The van der Waals surface area contributed by atoms with Crippen molar-refractivity contribution in [2.75, 3.05) is 39.2 Å². The first-order valence-electron chi connectivity index (χ1n) is 17.0. The molecular formula is C39H42F2N6O4. The average Bonchev–Trinajstić information content (AvgIpc) is 3.52. The fourth-order valence-corrected chi connectivity index (χ4v) is 6.09. The van der Waals surface area contributed by atoms with Crippen molar-refractivity contribution < 1.29 is 27.8 Å². The van der Waals surface area contributed by atoms with Gasteiger partial charge in [-0.2, -0.15) is 5.26 Å². The summed E-state index contributed by atoms with van der Waals surface area (Å²) in [6.07, 6.45) is 1.68. The molecule has 10 nitrogen and oxygen atoms in total. The summed E-state index contributed by atoms with van der Waals surface area (Å²) in [5, 5.41) is 12.0. The number of aromatic nitrogens is 3. The van der Waals surface area contributed by atoms with Crippen LogP contribution in [0.1, 0.15) is 65.6 Å². The number of carbonyl (C=O) groups excluding carboxylic acids is 1. The van der Waals surface area contributed by atoms with E-state index in [0.717, 1.165) is 31.6 Å². The first-order valence-corrected chi connectivity index (χ1v) is 17.0. The molecule has 266 valence electrons. The summed E-state index contributed by atoms with van der Waals surface area (Å²) in [5.41, 5.74) is 2.86. The number of hydrogen-bond donors (Lipinski definition) is 1. The first kappa shape index (κ1) is 36.9. The molecule has 3 heterocycles. The number of ether oxygens (including phenoxy) is 3. The van der Waals surface area contributed by atoms with E-state index in [1.807, 2.05) is 54.8 Å². The van der Waals surface area contributed by atoms with E-state index in [4.69, 9.17) is 29.4 Å². The molecule has 0 bridgehead atoms. The van der Waals surface area contributed by atoms with Crippen LogP contribution in [0.3, 0.4) is 0 Å². The van der Waals surface area contributed by atoms with Gasteiger partial charge in [-0.3, -0.25) is 4.90 Å². The number of carbonyl (C=O) groups is 1. The van der Waals surface area contributed by atoms with Gasteiger partial charge in [0.2, 0.25) is 5.88 Å². The van der Waals surface area contributed by atoms with Crippen molar-refractivity contribution in [1.29, 1.82) is 5.26 Å². The van der Waals surface area contributed by atoms with E-state index >= 15 is 4.39 Å². The van der Waals surface area contributed by atoms with E-state index < -0.39 is 17.6 Å². The molecule has 0 amide bonds. The smallest absolute Gasteiger partial charge is 0.340 e. The number of pyridine rings is 1. The summed E-state index contributed by atoms with van der Waals surface area (Å²) >= 11 is 0. The average molecular weight is 697 g/mol. The number of benzene rings is 3. The van der Waals surface area contributed by atoms with Gasteiger partial charge in [0, 0.05) is 42.6 Å². The molecule has 1 aliphatic rings. The molecule has 0 radical (unpaired) electrons. The number of esters is 1. The molecule has 51 heavy (non-hydrogen) atoms.